The molecule has 1 aliphatic carbocycles. The zero-order valence-electron chi connectivity index (χ0n) is 21.9. The van der Waals surface area contributed by atoms with Crippen LogP contribution < -0.4 is 17.0 Å². The Labute approximate surface area is 214 Å². The fraction of sp³-hybridized carbons (Fsp3) is 0.556. The SMILES string of the molecule is CCCC(O)(CC)Cn1ccc(-c2ccccc2)n1.CCOC(=O)/C(NN)=C(/N)OC1CCCCC1. The third kappa shape index (κ3) is 9.20. The molecule has 36 heavy (non-hydrogen) atoms. The summed E-state index contributed by atoms with van der Waals surface area (Å²) >= 11 is 0. The summed E-state index contributed by atoms with van der Waals surface area (Å²) in [4.78, 5) is 11.5. The highest BCUT2D eigenvalue weighted by Crippen LogP contribution is 2.23. The second kappa shape index (κ2) is 15.2. The van der Waals surface area contributed by atoms with E-state index >= 15 is 0 Å². The van der Waals surface area contributed by atoms with Gasteiger partial charge in [0.15, 0.2) is 5.70 Å². The van der Waals surface area contributed by atoms with E-state index in [1.54, 1.807) is 6.92 Å². The fourth-order valence-corrected chi connectivity index (χ4v) is 4.20. The molecule has 0 radical (unpaired) electrons. The summed E-state index contributed by atoms with van der Waals surface area (Å²) in [5.74, 6) is 4.66. The average molecular weight is 502 g/mol. The Balaban J connectivity index is 0.000000255. The number of carbonyl (C=O) groups is 1. The zero-order chi connectivity index (χ0) is 26.4. The quantitative estimate of drug-likeness (QED) is 0.119. The average Bonchev–Trinajstić information content (AvgIpc) is 3.34. The number of rotatable bonds is 11. The van der Waals surface area contributed by atoms with Crippen LogP contribution in [0.5, 0.6) is 0 Å². The number of hydrogen-bond acceptors (Lipinski definition) is 8. The third-order valence-corrected chi connectivity index (χ3v) is 6.26. The van der Waals surface area contributed by atoms with Crippen molar-refractivity contribution in [2.24, 2.45) is 11.6 Å². The molecular formula is C27H43N5O4. The summed E-state index contributed by atoms with van der Waals surface area (Å²) in [5.41, 5.74) is 9.34. The van der Waals surface area contributed by atoms with Gasteiger partial charge in [-0.1, -0.05) is 57.0 Å². The summed E-state index contributed by atoms with van der Waals surface area (Å²) < 4.78 is 12.2. The second-order valence-corrected chi connectivity index (χ2v) is 9.07. The molecule has 0 bridgehead atoms. The fourth-order valence-electron chi connectivity index (χ4n) is 4.20. The minimum atomic E-state index is -0.644. The Morgan fingerprint density at radius 1 is 1.17 bits per heavy atom. The van der Waals surface area contributed by atoms with Gasteiger partial charge in [0, 0.05) is 11.8 Å². The summed E-state index contributed by atoms with van der Waals surface area (Å²) in [6, 6.07) is 12.1. The number of nitrogens with two attached hydrogens (primary N) is 2. The van der Waals surface area contributed by atoms with Crippen LogP contribution in [0.25, 0.3) is 11.3 Å². The Bertz CT molecular complexity index is 941. The van der Waals surface area contributed by atoms with Crippen LogP contribution in [0.15, 0.2) is 54.2 Å². The second-order valence-electron chi connectivity index (χ2n) is 9.07. The largest absolute Gasteiger partial charge is 0.474 e. The zero-order valence-corrected chi connectivity index (χ0v) is 21.9. The number of nitrogens with one attached hydrogen (secondary N) is 1. The summed E-state index contributed by atoms with van der Waals surface area (Å²) in [6.45, 7) is 6.66. The maximum Gasteiger partial charge on any atom is 0.361 e. The molecule has 2 aromatic rings. The lowest BCUT2D eigenvalue weighted by Gasteiger charge is -2.26. The molecule has 1 fully saturated rings. The number of benzene rings is 1. The van der Waals surface area contributed by atoms with Crippen LogP contribution >= 0.6 is 0 Å². The Kier molecular flexibility index (Phi) is 12.3. The van der Waals surface area contributed by atoms with Gasteiger partial charge in [-0.3, -0.25) is 10.5 Å². The normalized spacial score (nSPS) is 16.1. The maximum atomic E-state index is 11.5. The lowest BCUT2D eigenvalue weighted by atomic mass is 9.95. The van der Waals surface area contributed by atoms with Crippen molar-refractivity contribution >= 4 is 5.97 Å². The monoisotopic (exact) mass is 501 g/mol. The molecule has 9 nitrogen and oxygen atoms in total. The van der Waals surface area contributed by atoms with Gasteiger partial charge in [-0.05, 0) is 51.5 Å². The van der Waals surface area contributed by atoms with E-state index in [1.165, 1.54) is 6.42 Å². The van der Waals surface area contributed by atoms with Crippen molar-refractivity contribution in [3.05, 3.63) is 54.2 Å². The molecule has 1 aliphatic rings. The predicted molar refractivity (Wildman–Crippen MR) is 141 cm³/mol. The van der Waals surface area contributed by atoms with Crippen LogP contribution in [0.2, 0.25) is 0 Å². The lowest BCUT2D eigenvalue weighted by molar-refractivity contribution is -0.139. The van der Waals surface area contributed by atoms with Gasteiger partial charge >= 0.3 is 5.97 Å². The topological polar surface area (TPSA) is 138 Å². The minimum Gasteiger partial charge on any atom is -0.474 e. The van der Waals surface area contributed by atoms with Crippen LogP contribution in [-0.4, -0.2) is 39.2 Å². The minimum absolute atomic E-state index is 0.0119. The van der Waals surface area contributed by atoms with E-state index in [-0.39, 0.29) is 24.3 Å². The van der Waals surface area contributed by atoms with Crippen molar-refractivity contribution in [1.29, 1.82) is 0 Å². The number of esters is 1. The van der Waals surface area contributed by atoms with E-state index in [2.05, 4.69) is 17.4 Å². The van der Waals surface area contributed by atoms with E-state index in [1.807, 2.05) is 54.2 Å². The molecule has 3 rings (SSSR count). The predicted octanol–water partition coefficient (Wildman–Crippen LogP) is 3.98. The molecule has 1 unspecified atom stereocenters. The number of aliphatic hydroxyl groups is 1. The first kappa shape index (κ1) is 29.2. The molecule has 0 saturated heterocycles. The van der Waals surface area contributed by atoms with E-state index < -0.39 is 11.6 Å². The highest BCUT2D eigenvalue weighted by Gasteiger charge is 2.24. The van der Waals surface area contributed by atoms with Crippen LogP contribution in [0.1, 0.15) is 72.1 Å². The van der Waals surface area contributed by atoms with Crippen molar-refractivity contribution in [3.63, 3.8) is 0 Å². The third-order valence-electron chi connectivity index (χ3n) is 6.26. The van der Waals surface area contributed by atoms with E-state index in [0.29, 0.717) is 6.54 Å². The molecule has 0 amide bonds. The summed E-state index contributed by atoms with van der Waals surface area (Å²) in [7, 11) is 0. The molecule has 0 aliphatic heterocycles. The lowest BCUT2D eigenvalue weighted by Crippen LogP contribution is -2.33. The van der Waals surface area contributed by atoms with Crippen LogP contribution in [0.3, 0.4) is 0 Å². The van der Waals surface area contributed by atoms with Crippen molar-refractivity contribution in [1.82, 2.24) is 15.2 Å². The number of nitrogens with zero attached hydrogens (tertiary/aromatic N) is 2. The molecule has 1 aromatic carbocycles. The molecule has 0 spiro atoms. The number of aromatic nitrogens is 2. The molecule has 1 atom stereocenters. The highest BCUT2D eigenvalue weighted by molar-refractivity contribution is 5.88. The van der Waals surface area contributed by atoms with Crippen LogP contribution in [-0.2, 0) is 20.8 Å². The van der Waals surface area contributed by atoms with Gasteiger partial charge in [0.25, 0.3) is 0 Å². The van der Waals surface area contributed by atoms with Gasteiger partial charge < -0.3 is 25.7 Å². The van der Waals surface area contributed by atoms with E-state index in [0.717, 1.165) is 56.2 Å². The number of ether oxygens (including phenoxy) is 2. The summed E-state index contributed by atoms with van der Waals surface area (Å²) in [6.07, 6.45) is 9.96. The number of hydrazine groups is 1. The van der Waals surface area contributed by atoms with E-state index in [4.69, 9.17) is 21.1 Å². The van der Waals surface area contributed by atoms with Gasteiger partial charge in [0.1, 0.15) is 6.10 Å². The first-order valence-electron chi connectivity index (χ1n) is 13.0. The van der Waals surface area contributed by atoms with Gasteiger partial charge in [0.2, 0.25) is 5.88 Å². The molecule has 200 valence electrons. The highest BCUT2D eigenvalue weighted by atomic mass is 16.5. The molecule has 1 saturated carbocycles. The van der Waals surface area contributed by atoms with Crippen LogP contribution in [0.4, 0.5) is 0 Å². The maximum absolute atomic E-state index is 11.5. The van der Waals surface area contributed by atoms with E-state index in [9.17, 15) is 9.90 Å². The van der Waals surface area contributed by atoms with Crippen molar-refractivity contribution < 1.29 is 19.4 Å². The van der Waals surface area contributed by atoms with Gasteiger partial charge in [-0.25, -0.2) is 4.79 Å². The number of hydrogen-bond donors (Lipinski definition) is 4. The number of carbonyl (C=O) groups excluding carboxylic acids is 1. The van der Waals surface area contributed by atoms with Crippen LogP contribution in [0, 0.1) is 0 Å². The molecule has 1 heterocycles. The van der Waals surface area contributed by atoms with Gasteiger partial charge in [-0.15, -0.1) is 0 Å². The smallest absolute Gasteiger partial charge is 0.361 e. The van der Waals surface area contributed by atoms with Gasteiger partial charge in [-0.2, -0.15) is 5.10 Å². The Morgan fingerprint density at radius 2 is 1.86 bits per heavy atom. The molecule has 6 N–H and O–H groups in total. The molecule has 1 aromatic heterocycles. The first-order valence-corrected chi connectivity index (χ1v) is 13.0. The Morgan fingerprint density at radius 3 is 2.44 bits per heavy atom. The van der Waals surface area contributed by atoms with Crippen molar-refractivity contribution in [2.45, 2.75) is 90.4 Å². The van der Waals surface area contributed by atoms with Gasteiger partial charge in [0.05, 0.1) is 24.4 Å². The van der Waals surface area contributed by atoms with Crippen molar-refractivity contribution in [2.75, 3.05) is 6.61 Å². The molecule has 9 heteroatoms. The van der Waals surface area contributed by atoms with Crippen molar-refractivity contribution in [3.8, 4) is 11.3 Å². The summed E-state index contributed by atoms with van der Waals surface area (Å²) in [5, 5.41) is 15.0. The molecular weight excluding hydrogens is 458 g/mol. The first-order chi connectivity index (χ1) is 17.4. The Hall–Kier alpha value is -3.04. The standard InChI is InChI=1S/C16H22N2O.C11H21N3O3/c1-3-11-16(19,4-2)13-18-12-10-15(17-18)14-8-6-5-7-9-14;1-2-16-11(15)9(14-13)10(12)17-8-6-4-3-5-7-8/h5-10,12,19H,3-4,11,13H2,1-2H3;8,14H,2-7,12-13H2,1H3/b;10-9+.